The Balaban J connectivity index is 2.21. The molecule has 0 saturated carbocycles. The van der Waals surface area contributed by atoms with Gasteiger partial charge in [0.15, 0.2) is 0 Å². The van der Waals surface area contributed by atoms with E-state index in [4.69, 9.17) is 35.1 Å². The maximum absolute atomic E-state index is 5.69. The van der Waals surface area contributed by atoms with E-state index in [0.717, 1.165) is 0 Å². The third kappa shape index (κ3) is 3.49. The van der Waals surface area contributed by atoms with Crippen molar-refractivity contribution in [2.75, 3.05) is 12.5 Å². The minimum Gasteiger partial charge on any atom is -0.421 e. The van der Waals surface area contributed by atoms with Crippen molar-refractivity contribution in [2.24, 2.45) is 0 Å². The summed E-state index contributed by atoms with van der Waals surface area (Å²) in [4.78, 5) is 0. The van der Waals surface area contributed by atoms with Gasteiger partial charge in [0.2, 0.25) is 0 Å². The Bertz CT molecular complexity index is 85.7. The predicted molar refractivity (Wildman–Crippen MR) is 42.0 cm³/mol. The van der Waals surface area contributed by atoms with Gasteiger partial charge in [0.1, 0.15) is 0 Å². The first-order valence-corrected chi connectivity index (χ1v) is 8.55. The average molecular weight is 231 g/mol. The summed E-state index contributed by atoms with van der Waals surface area (Å²) in [6.45, 7) is 0. The first-order valence-electron chi connectivity index (χ1n) is 2.48. The molecule has 0 atom stereocenters. The van der Waals surface area contributed by atoms with Crippen LogP contribution in [0.2, 0.25) is 0 Å². The minimum atomic E-state index is -1.28. The smallest absolute Gasteiger partial charge is 0.411 e. The van der Waals surface area contributed by atoms with Gasteiger partial charge < -0.3 is 13.0 Å². The molecule has 0 aromatic heterocycles. The van der Waals surface area contributed by atoms with E-state index in [1.165, 1.54) is 0 Å². The predicted octanol–water partition coefficient (Wildman–Crippen LogP) is 0.116. The summed E-state index contributed by atoms with van der Waals surface area (Å²) in [5.74, 6) is 0. The molecule has 0 aromatic rings. The second kappa shape index (κ2) is 4.88. The van der Waals surface area contributed by atoms with Crippen LogP contribution in [0.5, 0.6) is 0 Å². The molecular formula is C2H4Cl2O3Si3. The van der Waals surface area contributed by atoms with Gasteiger partial charge in [-0.2, -0.15) is 0 Å². The second-order valence-corrected chi connectivity index (χ2v) is 7.82. The quantitative estimate of drug-likeness (QED) is 0.437. The second-order valence-electron chi connectivity index (χ2n) is 1.49. The summed E-state index contributed by atoms with van der Waals surface area (Å²) in [5.41, 5.74) is 0. The zero-order valence-corrected chi connectivity index (χ0v) is 9.41. The Kier molecular flexibility index (Phi) is 4.49. The molecule has 4 radical (unpaired) electrons. The standard InChI is InChI=1S/C2H4Cl2O3Si3/c3-9-1-5-2-10(4)7-8-6-9/h1-2H2. The molecule has 0 bridgehead atoms. The Morgan fingerprint density at radius 1 is 1.10 bits per heavy atom. The molecule has 1 heterocycles. The summed E-state index contributed by atoms with van der Waals surface area (Å²) in [6, 6.07) is 0. The topological polar surface area (TPSA) is 27.7 Å². The lowest BCUT2D eigenvalue weighted by atomic mass is 11.5. The molecule has 1 rings (SSSR count). The molecule has 0 aliphatic carbocycles. The molecule has 0 spiro atoms. The molecule has 3 nitrogen and oxygen atoms in total. The summed E-state index contributed by atoms with van der Waals surface area (Å²) < 4.78 is 15.2. The highest BCUT2D eigenvalue weighted by Gasteiger charge is 2.20. The fourth-order valence-electron chi connectivity index (χ4n) is 0.382. The van der Waals surface area contributed by atoms with Gasteiger partial charge in [-0.05, 0) is 0 Å². The maximum Gasteiger partial charge on any atom is 0.411 e. The van der Waals surface area contributed by atoms with Crippen LogP contribution >= 0.6 is 22.2 Å². The van der Waals surface area contributed by atoms with Crippen LogP contribution < -0.4 is 0 Å². The molecule has 10 heavy (non-hydrogen) atoms. The van der Waals surface area contributed by atoms with Crippen LogP contribution in [0.4, 0.5) is 0 Å². The van der Waals surface area contributed by atoms with Crippen LogP contribution in [0.3, 0.4) is 0 Å². The van der Waals surface area contributed by atoms with Crippen LogP contribution in [-0.4, -0.2) is 39.2 Å². The molecule has 56 valence electrons. The summed E-state index contributed by atoms with van der Waals surface area (Å²) in [6.07, 6.45) is 0.979. The normalized spacial score (nSPS) is 25.8. The lowest BCUT2D eigenvalue weighted by molar-refractivity contribution is 0.202. The van der Waals surface area contributed by atoms with E-state index in [-0.39, 0.29) is 10.0 Å². The van der Waals surface area contributed by atoms with Gasteiger partial charge in [0.25, 0.3) is 0 Å². The SMILES string of the molecule is Cl[Si]1COC[Si](Cl)O[Si]O1. The Morgan fingerprint density at radius 2 is 1.60 bits per heavy atom. The average Bonchev–Trinajstić information content (AvgIpc) is 1.84. The van der Waals surface area contributed by atoms with Crippen molar-refractivity contribution in [3.63, 3.8) is 0 Å². The van der Waals surface area contributed by atoms with E-state index in [9.17, 15) is 0 Å². The molecule has 1 fully saturated rings. The van der Waals surface area contributed by atoms with Crippen LogP contribution in [-0.2, 0) is 13.0 Å². The number of halogens is 2. The Morgan fingerprint density at radius 3 is 2.10 bits per heavy atom. The van der Waals surface area contributed by atoms with E-state index in [0.29, 0.717) is 12.5 Å². The van der Waals surface area contributed by atoms with Crippen molar-refractivity contribution in [3.8, 4) is 0 Å². The van der Waals surface area contributed by atoms with Crippen molar-refractivity contribution >= 4 is 48.9 Å². The number of hydrogen-bond acceptors (Lipinski definition) is 3. The zero-order valence-electron chi connectivity index (χ0n) is 4.89. The fourth-order valence-corrected chi connectivity index (χ4v) is 3.88. The van der Waals surface area contributed by atoms with E-state index in [1.54, 1.807) is 0 Å². The highest BCUT2D eigenvalue weighted by molar-refractivity contribution is 7.06. The maximum atomic E-state index is 5.69. The third-order valence-electron chi connectivity index (χ3n) is 0.736. The van der Waals surface area contributed by atoms with Gasteiger partial charge in [0.05, 0.1) is 12.5 Å². The molecule has 1 aliphatic rings. The van der Waals surface area contributed by atoms with Gasteiger partial charge >= 0.3 is 26.7 Å². The van der Waals surface area contributed by atoms with Gasteiger partial charge in [-0.3, -0.25) is 0 Å². The Labute approximate surface area is 74.5 Å². The molecule has 1 saturated heterocycles. The highest BCUT2D eigenvalue weighted by atomic mass is 35.6. The first kappa shape index (κ1) is 9.20. The lowest BCUT2D eigenvalue weighted by Gasteiger charge is -2.14. The first-order chi connectivity index (χ1) is 4.79. The van der Waals surface area contributed by atoms with Crippen LogP contribution in [0.25, 0.3) is 0 Å². The van der Waals surface area contributed by atoms with E-state index in [1.807, 2.05) is 0 Å². The summed E-state index contributed by atoms with van der Waals surface area (Å²) in [5, 5.41) is 0. The number of ether oxygens (including phenoxy) is 1. The molecule has 0 amide bonds. The molecular weight excluding hydrogens is 227 g/mol. The molecule has 8 heteroatoms. The van der Waals surface area contributed by atoms with Crippen molar-refractivity contribution in [1.82, 2.24) is 0 Å². The fraction of sp³-hybridized carbons (Fsp3) is 1.00. The monoisotopic (exact) mass is 230 g/mol. The van der Waals surface area contributed by atoms with Crippen molar-refractivity contribution < 1.29 is 13.0 Å². The number of hydrogen-bond donors (Lipinski definition) is 0. The Hall–Kier alpha value is 1.11. The largest absolute Gasteiger partial charge is 0.421 e. The van der Waals surface area contributed by atoms with Gasteiger partial charge in [-0.25, -0.2) is 0 Å². The van der Waals surface area contributed by atoms with E-state index >= 15 is 0 Å². The van der Waals surface area contributed by atoms with E-state index < -0.39 is 16.7 Å². The van der Waals surface area contributed by atoms with Crippen LogP contribution in [0.15, 0.2) is 0 Å². The molecule has 0 unspecified atom stereocenters. The van der Waals surface area contributed by atoms with Crippen LogP contribution in [0.1, 0.15) is 0 Å². The molecule has 0 aromatic carbocycles. The van der Waals surface area contributed by atoms with Gasteiger partial charge in [0, 0.05) is 0 Å². The van der Waals surface area contributed by atoms with Gasteiger partial charge in [-0.15, -0.1) is 22.2 Å². The minimum absolute atomic E-state index is 0.00240. The van der Waals surface area contributed by atoms with Crippen LogP contribution in [0, 0.1) is 0 Å². The summed E-state index contributed by atoms with van der Waals surface area (Å²) >= 11 is 11.4. The van der Waals surface area contributed by atoms with Crippen molar-refractivity contribution in [2.45, 2.75) is 0 Å². The highest BCUT2D eigenvalue weighted by Crippen LogP contribution is 2.01. The van der Waals surface area contributed by atoms with Crippen molar-refractivity contribution in [3.05, 3.63) is 0 Å². The number of rotatable bonds is 0. The molecule has 0 N–H and O–H groups in total. The van der Waals surface area contributed by atoms with Gasteiger partial charge in [-0.1, -0.05) is 0 Å². The third-order valence-corrected chi connectivity index (χ3v) is 6.08. The zero-order chi connectivity index (χ0) is 7.40. The lowest BCUT2D eigenvalue weighted by Crippen LogP contribution is -2.33. The van der Waals surface area contributed by atoms with Crippen molar-refractivity contribution in [1.29, 1.82) is 0 Å². The van der Waals surface area contributed by atoms with E-state index in [2.05, 4.69) is 0 Å². The summed E-state index contributed by atoms with van der Waals surface area (Å²) in [7, 11) is -2.56. The molecule has 1 aliphatic heterocycles.